The molecule has 1 N–H and O–H groups in total. The van der Waals surface area contributed by atoms with Crippen LogP contribution < -0.4 is 0 Å². The smallest absolute Gasteiger partial charge is 0.0488 e. The van der Waals surface area contributed by atoms with Crippen LogP contribution in [0.3, 0.4) is 0 Å². The van der Waals surface area contributed by atoms with Gasteiger partial charge in [0, 0.05) is 51.2 Å². The lowest BCUT2D eigenvalue weighted by Gasteiger charge is -2.09. The second-order valence-electron chi connectivity index (χ2n) is 7.22. The predicted octanol–water partition coefficient (Wildman–Crippen LogP) is 6.39. The zero-order valence-corrected chi connectivity index (χ0v) is 15.9. The lowest BCUT2D eigenvalue weighted by molar-refractivity contribution is 0.685. The molecule has 132 valence electrons. The molecule has 1 aliphatic rings. The number of aromatic nitrogens is 2. The Morgan fingerprint density at radius 3 is 2.73 bits per heavy atom. The van der Waals surface area contributed by atoms with E-state index in [9.17, 15) is 0 Å². The van der Waals surface area contributed by atoms with Crippen LogP contribution in [0.15, 0.2) is 48.2 Å². The summed E-state index contributed by atoms with van der Waals surface area (Å²) in [5.41, 5.74) is 13.5. The monoisotopic (exact) mass is 342 g/mol. The molecule has 26 heavy (non-hydrogen) atoms. The van der Waals surface area contributed by atoms with Gasteiger partial charge in [-0.3, -0.25) is 0 Å². The molecule has 1 aromatic carbocycles. The zero-order chi connectivity index (χ0) is 18.3. The lowest BCUT2D eigenvalue weighted by Crippen LogP contribution is -2.00. The quantitative estimate of drug-likeness (QED) is 0.519. The summed E-state index contributed by atoms with van der Waals surface area (Å²) in [6, 6.07) is 11.1. The molecule has 0 spiro atoms. The van der Waals surface area contributed by atoms with Crippen LogP contribution in [0.5, 0.6) is 0 Å². The van der Waals surface area contributed by atoms with E-state index in [4.69, 9.17) is 0 Å². The summed E-state index contributed by atoms with van der Waals surface area (Å²) in [5, 5.41) is 1.36. The maximum absolute atomic E-state index is 3.73. The summed E-state index contributed by atoms with van der Waals surface area (Å²) >= 11 is 0. The average Bonchev–Trinajstić information content (AvgIpc) is 3.36. The third-order valence-corrected chi connectivity index (χ3v) is 5.36. The molecule has 3 aromatic rings. The van der Waals surface area contributed by atoms with E-state index >= 15 is 0 Å². The van der Waals surface area contributed by atoms with E-state index in [1.165, 1.54) is 57.5 Å². The van der Waals surface area contributed by atoms with E-state index in [-0.39, 0.29) is 0 Å². The highest BCUT2D eigenvalue weighted by Gasteiger charge is 2.26. The minimum Gasteiger partial charge on any atom is -0.358 e. The fraction of sp³-hybridized carbons (Fsp3) is 0.292. The van der Waals surface area contributed by atoms with Crippen molar-refractivity contribution in [1.82, 2.24) is 9.55 Å². The third kappa shape index (κ3) is 2.67. The first-order chi connectivity index (χ1) is 12.7. The molecule has 0 atom stereocenters. The Hall–Kier alpha value is -2.70. The fourth-order valence-corrected chi connectivity index (χ4v) is 4.04. The van der Waals surface area contributed by atoms with Crippen molar-refractivity contribution in [3.05, 3.63) is 76.4 Å². The third-order valence-electron chi connectivity index (χ3n) is 5.36. The number of fused-ring (bicyclic) bond motifs is 1. The number of H-pyrrole nitrogens is 1. The van der Waals surface area contributed by atoms with E-state index in [1.54, 1.807) is 5.57 Å². The van der Waals surface area contributed by atoms with Gasteiger partial charge in [0.25, 0.3) is 0 Å². The van der Waals surface area contributed by atoms with Crippen molar-refractivity contribution in [2.24, 2.45) is 0 Å². The van der Waals surface area contributed by atoms with Crippen molar-refractivity contribution in [2.75, 3.05) is 0 Å². The van der Waals surface area contributed by atoms with Gasteiger partial charge >= 0.3 is 0 Å². The number of benzene rings is 1. The topological polar surface area (TPSA) is 20.7 Å². The van der Waals surface area contributed by atoms with Crippen LogP contribution in [0.2, 0.25) is 0 Å². The van der Waals surface area contributed by atoms with Crippen LogP contribution >= 0.6 is 0 Å². The van der Waals surface area contributed by atoms with Gasteiger partial charge in [0.2, 0.25) is 0 Å². The van der Waals surface area contributed by atoms with Gasteiger partial charge in [0.1, 0.15) is 0 Å². The minimum atomic E-state index is 1.06. The molecular weight excluding hydrogens is 316 g/mol. The second-order valence-corrected chi connectivity index (χ2v) is 7.22. The minimum absolute atomic E-state index is 1.06. The SMILES string of the molecule is C=C=Cc1cc(C(=C2CC2)c2c(C)n(CCC)c3ccccc23)[nH]c1C. The van der Waals surface area contributed by atoms with E-state index in [1.807, 2.05) is 6.08 Å². The van der Waals surface area contributed by atoms with Gasteiger partial charge in [-0.1, -0.05) is 37.3 Å². The van der Waals surface area contributed by atoms with Crippen LogP contribution in [-0.4, -0.2) is 9.55 Å². The molecule has 0 aliphatic heterocycles. The molecule has 1 aliphatic carbocycles. The molecule has 0 unspecified atom stereocenters. The molecule has 2 heteroatoms. The summed E-state index contributed by atoms with van der Waals surface area (Å²) in [7, 11) is 0. The van der Waals surface area contributed by atoms with Crippen molar-refractivity contribution in [1.29, 1.82) is 0 Å². The van der Waals surface area contributed by atoms with Crippen LogP contribution in [0.25, 0.3) is 22.6 Å². The van der Waals surface area contributed by atoms with Gasteiger partial charge in [-0.15, -0.1) is 5.73 Å². The first-order valence-corrected chi connectivity index (χ1v) is 9.51. The van der Waals surface area contributed by atoms with Gasteiger partial charge in [0.05, 0.1) is 0 Å². The summed E-state index contributed by atoms with van der Waals surface area (Å²) in [4.78, 5) is 3.62. The number of hydrogen-bond donors (Lipinski definition) is 1. The van der Waals surface area contributed by atoms with Gasteiger partial charge in [0.15, 0.2) is 0 Å². The van der Waals surface area contributed by atoms with Crippen LogP contribution in [0.4, 0.5) is 0 Å². The number of nitrogens with one attached hydrogen (secondary N) is 1. The van der Waals surface area contributed by atoms with E-state index in [0.717, 1.165) is 13.0 Å². The van der Waals surface area contributed by atoms with Gasteiger partial charge < -0.3 is 9.55 Å². The van der Waals surface area contributed by atoms with Crippen molar-refractivity contribution < 1.29 is 0 Å². The number of allylic oxidation sites excluding steroid dienone is 1. The first-order valence-electron chi connectivity index (χ1n) is 9.51. The molecule has 2 nitrogen and oxygen atoms in total. The number of nitrogens with zero attached hydrogens (tertiary/aromatic N) is 1. The number of aryl methyl sites for hydroxylation is 2. The van der Waals surface area contributed by atoms with E-state index in [0.29, 0.717) is 0 Å². The number of hydrogen-bond acceptors (Lipinski definition) is 0. The molecular formula is C24H26N2. The Kier molecular flexibility index (Phi) is 4.22. The Morgan fingerprint density at radius 2 is 2.04 bits per heavy atom. The Bertz CT molecular complexity index is 1060. The zero-order valence-electron chi connectivity index (χ0n) is 15.9. The molecule has 2 heterocycles. The van der Waals surface area contributed by atoms with E-state index in [2.05, 4.69) is 73.0 Å². The molecule has 0 bridgehead atoms. The highest BCUT2D eigenvalue weighted by molar-refractivity contribution is 6.00. The predicted molar refractivity (Wildman–Crippen MR) is 111 cm³/mol. The molecule has 0 radical (unpaired) electrons. The highest BCUT2D eigenvalue weighted by atomic mass is 15.0. The normalized spacial score (nSPS) is 13.1. The van der Waals surface area contributed by atoms with Crippen molar-refractivity contribution in [2.45, 2.75) is 46.6 Å². The summed E-state index contributed by atoms with van der Waals surface area (Å²) < 4.78 is 2.48. The maximum atomic E-state index is 3.73. The molecule has 4 rings (SSSR count). The number of para-hydroxylation sites is 1. The van der Waals surface area contributed by atoms with Crippen molar-refractivity contribution in [3.8, 4) is 0 Å². The Balaban J connectivity index is 1.98. The first kappa shape index (κ1) is 16.8. The molecule has 1 fully saturated rings. The fourth-order valence-electron chi connectivity index (χ4n) is 4.04. The summed E-state index contributed by atoms with van der Waals surface area (Å²) in [6.45, 7) is 11.4. The van der Waals surface area contributed by atoms with Crippen LogP contribution in [0.1, 0.15) is 54.4 Å². The van der Waals surface area contributed by atoms with Gasteiger partial charge in [-0.2, -0.15) is 0 Å². The summed E-state index contributed by atoms with van der Waals surface area (Å²) in [5.74, 6) is 0. The highest BCUT2D eigenvalue weighted by Crippen LogP contribution is 2.44. The molecule has 0 saturated heterocycles. The van der Waals surface area contributed by atoms with Crippen LogP contribution in [0, 0.1) is 13.8 Å². The van der Waals surface area contributed by atoms with Gasteiger partial charge in [-0.05, 0) is 51.3 Å². The molecule has 1 saturated carbocycles. The average molecular weight is 342 g/mol. The Morgan fingerprint density at radius 1 is 1.27 bits per heavy atom. The number of aromatic amines is 1. The molecule has 2 aromatic heterocycles. The largest absolute Gasteiger partial charge is 0.358 e. The number of rotatable bonds is 5. The van der Waals surface area contributed by atoms with Crippen molar-refractivity contribution >= 4 is 22.6 Å². The maximum Gasteiger partial charge on any atom is 0.0488 e. The van der Waals surface area contributed by atoms with Crippen molar-refractivity contribution in [3.63, 3.8) is 0 Å². The molecule has 0 amide bonds. The standard InChI is InChI=1S/C24H26N2/c1-5-9-19-15-21(25-16(19)3)24(18-12-13-18)23-17(4)26(14-6-2)22-11-8-7-10-20(22)23/h7-11,15,25H,1,6,12-14H2,2-4H3. The summed E-state index contributed by atoms with van der Waals surface area (Å²) in [6.07, 6.45) is 5.50. The van der Waals surface area contributed by atoms with Gasteiger partial charge in [-0.25, -0.2) is 0 Å². The van der Waals surface area contributed by atoms with E-state index < -0.39 is 0 Å². The second kappa shape index (κ2) is 6.55. The Labute approximate surface area is 155 Å². The van der Waals surface area contributed by atoms with Crippen LogP contribution in [-0.2, 0) is 6.54 Å². The lowest BCUT2D eigenvalue weighted by atomic mass is 9.98.